The largest absolute Gasteiger partial charge is 0.383 e. The van der Waals surface area contributed by atoms with Gasteiger partial charge in [0, 0.05) is 41.1 Å². The minimum atomic E-state index is -1.52. The van der Waals surface area contributed by atoms with Crippen molar-refractivity contribution >= 4 is 33.9 Å². The smallest absolute Gasteiger partial charge is 0.103 e. The molecule has 5 rings (SSSR count). The van der Waals surface area contributed by atoms with Crippen molar-refractivity contribution in [1.82, 2.24) is 21.0 Å². The van der Waals surface area contributed by atoms with Gasteiger partial charge in [-0.2, -0.15) is 10.5 Å². The number of aromatic nitrogens is 1. The first-order valence-electron chi connectivity index (χ1n) is 12.7. The van der Waals surface area contributed by atoms with E-state index in [0.717, 1.165) is 12.8 Å². The number of rotatable bonds is 7. The summed E-state index contributed by atoms with van der Waals surface area (Å²) in [6.45, 7) is 6.91. The maximum atomic E-state index is 10.00. The quantitative estimate of drug-likeness (QED) is 0.324. The molecule has 0 saturated heterocycles. The highest BCUT2D eigenvalue weighted by molar-refractivity contribution is 6.31. The number of halogens is 1. The normalized spacial score (nSPS) is 17.2. The molecule has 37 heavy (non-hydrogen) atoms. The number of anilines is 2. The molecule has 1 aliphatic carbocycles. The second-order valence-corrected chi connectivity index (χ2v) is 10.9. The van der Waals surface area contributed by atoms with E-state index < -0.39 is 6.02 Å². The van der Waals surface area contributed by atoms with Gasteiger partial charge in [-0.1, -0.05) is 50.6 Å². The van der Waals surface area contributed by atoms with Crippen LogP contribution < -0.4 is 21.6 Å². The first-order chi connectivity index (χ1) is 18.1. The van der Waals surface area contributed by atoms with Crippen LogP contribution in [0.4, 0.5) is 11.4 Å². The number of hydrogen-bond acceptors (Lipinski definition) is 8. The summed E-state index contributed by atoms with van der Waals surface area (Å²) in [7, 11) is 0. The summed E-state index contributed by atoms with van der Waals surface area (Å²) in [5.41, 5.74) is 9.68. The monoisotopic (exact) mass is 513 g/mol. The Morgan fingerprint density at radius 1 is 1.22 bits per heavy atom. The molecule has 3 aromatic rings. The Kier molecular flexibility index (Phi) is 6.21. The van der Waals surface area contributed by atoms with Crippen molar-refractivity contribution in [3.05, 3.63) is 76.2 Å². The molecule has 0 radical (unpaired) electrons. The van der Waals surface area contributed by atoms with Crippen LogP contribution in [0.3, 0.4) is 0 Å². The van der Waals surface area contributed by atoms with Crippen LogP contribution >= 0.6 is 11.6 Å². The number of nitriles is 2. The zero-order valence-electron chi connectivity index (χ0n) is 22.0. The van der Waals surface area contributed by atoms with E-state index in [1.807, 2.05) is 35.5 Å². The lowest BCUT2D eigenvalue weighted by Crippen LogP contribution is -2.38. The van der Waals surface area contributed by atoms with E-state index in [1.165, 1.54) is 6.20 Å². The van der Waals surface area contributed by atoms with Gasteiger partial charge < -0.3 is 16.1 Å². The molecule has 8 nitrogen and oxygen atoms in total. The molecule has 9 heteroatoms. The molecule has 1 aliphatic heterocycles. The van der Waals surface area contributed by atoms with Gasteiger partial charge in [-0.15, -0.1) is 5.53 Å². The average Bonchev–Trinajstić information content (AvgIpc) is 3.61. The Labute approximate surface area is 223 Å². The van der Waals surface area contributed by atoms with E-state index in [0.29, 0.717) is 62.3 Å². The van der Waals surface area contributed by atoms with Gasteiger partial charge in [0.15, 0.2) is 0 Å². The highest BCUT2D eigenvalue weighted by atomic mass is 35.5. The molecule has 1 aromatic heterocycles. The fourth-order valence-corrected chi connectivity index (χ4v) is 4.41. The van der Waals surface area contributed by atoms with Crippen LogP contribution in [0.5, 0.6) is 0 Å². The SMILES string of the molecule is [2H]C(Nc1cc(C#N)c2ncc(C#N)c(NCC(C)(C)C)c2c1)(C1=CN(C2CC2)NN1)c1ccccc1Cl. The van der Waals surface area contributed by atoms with Gasteiger partial charge in [-0.3, -0.25) is 9.99 Å². The van der Waals surface area contributed by atoms with Gasteiger partial charge in [-0.05, 0) is 42.0 Å². The molecular weight excluding hydrogens is 484 g/mol. The van der Waals surface area contributed by atoms with Crippen LogP contribution in [0.15, 0.2) is 54.5 Å². The number of hydrogen-bond donors (Lipinski definition) is 4. The molecule has 2 aromatic carbocycles. The van der Waals surface area contributed by atoms with Crippen LogP contribution in [0, 0.1) is 28.1 Å². The van der Waals surface area contributed by atoms with Gasteiger partial charge in [0.25, 0.3) is 0 Å². The van der Waals surface area contributed by atoms with Crippen LogP contribution in [0.25, 0.3) is 10.9 Å². The van der Waals surface area contributed by atoms with Crippen LogP contribution in [0.1, 0.15) is 57.7 Å². The first-order valence-corrected chi connectivity index (χ1v) is 12.6. The molecule has 2 heterocycles. The summed E-state index contributed by atoms with van der Waals surface area (Å²) in [5, 5.41) is 29.6. The van der Waals surface area contributed by atoms with Crippen molar-refractivity contribution in [2.75, 3.05) is 17.2 Å². The van der Waals surface area contributed by atoms with E-state index in [2.05, 4.69) is 59.5 Å². The van der Waals surface area contributed by atoms with Crippen molar-refractivity contribution in [2.45, 2.75) is 45.7 Å². The molecule has 1 unspecified atom stereocenters. The van der Waals surface area contributed by atoms with Crippen LogP contribution in [-0.2, 0) is 0 Å². The second kappa shape index (κ2) is 9.82. The Morgan fingerprint density at radius 2 is 1.97 bits per heavy atom. The standard InChI is InChI=1S/C28H29ClN8/c1-28(2,3)16-33-26-18(13-31)14-32-25-17(12-30)10-19(11-22(25)26)34-27(21-6-4-5-7-23(21)29)24-15-37(36-35-24)20-8-9-20/h4-7,10-11,14-15,20,27,34-36H,8-9,16H2,1-3H3,(H,32,33)/i27D. The highest BCUT2D eigenvalue weighted by Crippen LogP contribution is 2.37. The lowest BCUT2D eigenvalue weighted by molar-refractivity contribution is 0.260. The number of hydrazine groups is 2. The summed E-state index contributed by atoms with van der Waals surface area (Å²) < 4.78 is 9.66. The van der Waals surface area contributed by atoms with Gasteiger partial charge in [0.1, 0.15) is 12.1 Å². The van der Waals surface area contributed by atoms with Crippen molar-refractivity contribution in [1.29, 1.82) is 10.5 Å². The highest BCUT2D eigenvalue weighted by Gasteiger charge is 2.32. The molecule has 2 aliphatic rings. The second-order valence-electron chi connectivity index (χ2n) is 10.5. The van der Waals surface area contributed by atoms with Crippen molar-refractivity contribution < 1.29 is 1.37 Å². The first kappa shape index (κ1) is 23.4. The van der Waals surface area contributed by atoms with E-state index >= 15 is 0 Å². The van der Waals surface area contributed by atoms with E-state index in [4.69, 9.17) is 11.6 Å². The summed E-state index contributed by atoms with van der Waals surface area (Å²) in [6.07, 6.45) is 5.54. The predicted molar refractivity (Wildman–Crippen MR) is 146 cm³/mol. The average molecular weight is 514 g/mol. The Balaban J connectivity index is 1.64. The fourth-order valence-electron chi connectivity index (χ4n) is 4.18. The molecule has 188 valence electrons. The maximum absolute atomic E-state index is 10.00. The number of nitrogens with zero attached hydrogens (tertiary/aromatic N) is 4. The van der Waals surface area contributed by atoms with Gasteiger partial charge in [0.2, 0.25) is 0 Å². The topological polar surface area (TPSA) is 112 Å². The number of nitrogens with one attached hydrogen (secondary N) is 4. The molecule has 0 amide bonds. The molecular formula is C28H29ClN8. The van der Waals surface area contributed by atoms with Crippen molar-refractivity contribution in [2.24, 2.45) is 5.41 Å². The molecule has 0 spiro atoms. The molecule has 1 fully saturated rings. The van der Waals surface area contributed by atoms with E-state index in [1.54, 1.807) is 12.1 Å². The third-order valence-corrected chi connectivity index (χ3v) is 6.55. The van der Waals surface area contributed by atoms with E-state index in [9.17, 15) is 11.9 Å². The Morgan fingerprint density at radius 3 is 2.65 bits per heavy atom. The number of fused-ring (bicyclic) bond motifs is 1. The van der Waals surface area contributed by atoms with Gasteiger partial charge in [0.05, 0.1) is 35.4 Å². The number of benzene rings is 2. The number of pyridine rings is 1. The third-order valence-electron chi connectivity index (χ3n) is 6.22. The third kappa shape index (κ3) is 5.27. The minimum absolute atomic E-state index is 0.0440. The predicted octanol–water partition coefficient (Wildman–Crippen LogP) is 5.57. The summed E-state index contributed by atoms with van der Waals surface area (Å²) in [6, 6.07) is 14.0. The summed E-state index contributed by atoms with van der Waals surface area (Å²) in [5.74, 6) is 0. The lowest BCUT2D eigenvalue weighted by atomic mass is 9.96. The summed E-state index contributed by atoms with van der Waals surface area (Å²) >= 11 is 6.61. The zero-order valence-corrected chi connectivity index (χ0v) is 21.7. The molecule has 0 bridgehead atoms. The van der Waals surface area contributed by atoms with Crippen LogP contribution in [0.2, 0.25) is 5.02 Å². The molecule has 1 atom stereocenters. The molecule has 4 N–H and O–H groups in total. The Bertz CT molecular complexity index is 1510. The van der Waals surface area contributed by atoms with Crippen LogP contribution in [-0.4, -0.2) is 22.6 Å². The Hall–Kier alpha value is -3.98. The van der Waals surface area contributed by atoms with Crippen molar-refractivity contribution in [3.63, 3.8) is 0 Å². The lowest BCUT2D eigenvalue weighted by Gasteiger charge is -2.24. The van der Waals surface area contributed by atoms with E-state index in [-0.39, 0.29) is 5.41 Å². The zero-order chi connectivity index (χ0) is 27.1. The van der Waals surface area contributed by atoms with Crippen molar-refractivity contribution in [3.8, 4) is 12.1 Å². The maximum Gasteiger partial charge on any atom is 0.103 e. The summed E-state index contributed by atoms with van der Waals surface area (Å²) in [4.78, 5) is 4.43. The van der Waals surface area contributed by atoms with Gasteiger partial charge in [-0.25, -0.2) is 0 Å². The fraction of sp³-hybridized carbons (Fsp3) is 0.321. The minimum Gasteiger partial charge on any atom is -0.383 e. The molecule has 1 saturated carbocycles. The van der Waals surface area contributed by atoms with Gasteiger partial charge >= 0.3 is 0 Å².